The van der Waals surface area contributed by atoms with Crippen LogP contribution in [0, 0.1) is 6.92 Å². The topological polar surface area (TPSA) is 91.2 Å². The summed E-state index contributed by atoms with van der Waals surface area (Å²) in [5.41, 5.74) is 1.74. The molecule has 0 radical (unpaired) electrons. The smallest absolute Gasteiger partial charge is 0.359 e. The van der Waals surface area contributed by atoms with E-state index in [1.54, 1.807) is 16.7 Å². The van der Waals surface area contributed by atoms with E-state index in [0.717, 1.165) is 5.69 Å². The number of esters is 1. The van der Waals surface area contributed by atoms with Gasteiger partial charge in [-0.05, 0) is 31.2 Å². The normalized spacial score (nSPS) is 15.2. The van der Waals surface area contributed by atoms with Gasteiger partial charge in [0.25, 0.3) is 5.91 Å². The zero-order valence-corrected chi connectivity index (χ0v) is 15.3. The fraction of sp³-hybridized carbons (Fsp3) is 0.250. The van der Waals surface area contributed by atoms with E-state index in [2.05, 4.69) is 10.3 Å². The van der Waals surface area contributed by atoms with E-state index in [4.69, 9.17) is 14.2 Å². The minimum atomic E-state index is -0.649. The highest BCUT2D eigenvalue weighted by molar-refractivity contribution is 5.90. The summed E-state index contributed by atoms with van der Waals surface area (Å²) in [6, 6.07) is 12.9. The molecule has 0 unspecified atom stereocenters. The maximum absolute atomic E-state index is 12.2. The van der Waals surface area contributed by atoms with Crippen molar-refractivity contribution in [2.45, 2.75) is 13.0 Å². The first-order chi connectivity index (χ1) is 13.6. The third-order valence-corrected chi connectivity index (χ3v) is 4.33. The highest BCUT2D eigenvalue weighted by Gasteiger charge is 2.21. The van der Waals surface area contributed by atoms with Crippen LogP contribution in [-0.2, 0) is 9.53 Å². The van der Waals surface area contributed by atoms with E-state index in [1.807, 2.05) is 43.3 Å². The number of aryl methyl sites for hydroxylation is 1. The summed E-state index contributed by atoms with van der Waals surface area (Å²) < 4.78 is 18.2. The molecule has 28 heavy (non-hydrogen) atoms. The SMILES string of the molecule is Cc1cccc2nc(C(=O)OCC(=O)NC[C@@H]3COc4ccccc4O3)cn12. The number of carbonyl (C=O) groups is 2. The van der Waals surface area contributed by atoms with Crippen LogP contribution in [0.2, 0.25) is 0 Å². The van der Waals surface area contributed by atoms with Gasteiger partial charge in [0.2, 0.25) is 0 Å². The van der Waals surface area contributed by atoms with E-state index in [-0.39, 0.29) is 18.3 Å². The number of hydrogen-bond acceptors (Lipinski definition) is 6. The van der Waals surface area contributed by atoms with Gasteiger partial charge in [0.05, 0.1) is 6.54 Å². The Bertz CT molecular complexity index is 1030. The maximum Gasteiger partial charge on any atom is 0.359 e. The van der Waals surface area contributed by atoms with Crippen LogP contribution >= 0.6 is 0 Å². The Morgan fingerprint density at radius 2 is 2.04 bits per heavy atom. The number of imidazole rings is 1. The summed E-state index contributed by atoms with van der Waals surface area (Å²) in [7, 11) is 0. The molecule has 8 heteroatoms. The van der Waals surface area contributed by atoms with Crippen LogP contribution in [0.15, 0.2) is 48.7 Å². The van der Waals surface area contributed by atoms with Gasteiger partial charge < -0.3 is 23.9 Å². The van der Waals surface area contributed by atoms with E-state index >= 15 is 0 Å². The number of para-hydroxylation sites is 2. The Morgan fingerprint density at radius 3 is 2.86 bits per heavy atom. The van der Waals surface area contributed by atoms with Crippen molar-refractivity contribution in [3.63, 3.8) is 0 Å². The quantitative estimate of drug-likeness (QED) is 0.677. The van der Waals surface area contributed by atoms with Crippen molar-refractivity contribution in [2.75, 3.05) is 19.8 Å². The number of fused-ring (bicyclic) bond motifs is 2. The standard InChI is InChI=1S/C20H19N3O5/c1-13-5-4-8-18-22-15(10-23(13)18)20(25)27-12-19(24)21-9-14-11-26-16-6-2-3-7-17(16)28-14/h2-8,10,14H,9,11-12H2,1H3,(H,21,24)/t14-/m1/s1. The number of benzene rings is 1. The minimum Gasteiger partial charge on any atom is -0.486 e. The molecule has 8 nitrogen and oxygen atoms in total. The lowest BCUT2D eigenvalue weighted by Crippen LogP contribution is -2.42. The van der Waals surface area contributed by atoms with Crippen molar-refractivity contribution in [3.8, 4) is 11.5 Å². The average molecular weight is 381 g/mol. The predicted octanol–water partition coefficient (Wildman–Crippen LogP) is 1.76. The van der Waals surface area contributed by atoms with Gasteiger partial charge in [0, 0.05) is 11.9 Å². The van der Waals surface area contributed by atoms with Crippen LogP contribution < -0.4 is 14.8 Å². The highest BCUT2D eigenvalue weighted by atomic mass is 16.6. The zero-order valence-electron chi connectivity index (χ0n) is 15.3. The van der Waals surface area contributed by atoms with Crippen LogP contribution in [0.3, 0.4) is 0 Å². The summed E-state index contributed by atoms with van der Waals surface area (Å²) in [6.07, 6.45) is 1.28. The van der Waals surface area contributed by atoms with Crippen molar-refractivity contribution in [1.29, 1.82) is 0 Å². The molecule has 3 heterocycles. The Labute approximate surface area is 161 Å². The number of carbonyl (C=O) groups excluding carboxylic acids is 2. The molecule has 0 spiro atoms. The lowest BCUT2D eigenvalue weighted by Gasteiger charge is -2.26. The van der Waals surface area contributed by atoms with Crippen molar-refractivity contribution in [1.82, 2.24) is 14.7 Å². The van der Waals surface area contributed by atoms with Gasteiger partial charge in [-0.3, -0.25) is 4.79 Å². The lowest BCUT2D eigenvalue weighted by molar-refractivity contribution is -0.124. The summed E-state index contributed by atoms with van der Waals surface area (Å²) in [5.74, 6) is 0.253. The monoisotopic (exact) mass is 381 g/mol. The zero-order chi connectivity index (χ0) is 19.5. The first kappa shape index (κ1) is 17.8. The molecule has 3 aromatic rings. The Kier molecular flexibility index (Phi) is 4.84. The van der Waals surface area contributed by atoms with Gasteiger partial charge in [-0.1, -0.05) is 18.2 Å². The number of pyridine rings is 1. The second kappa shape index (κ2) is 7.59. The molecule has 144 valence electrons. The number of nitrogens with zero attached hydrogens (tertiary/aromatic N) is 2. The summed E-state index contributed by atoms with van der Waals surface area (Å²) in [6.45, 7) is 2.10. The molecule has 0 saturated heterocycles. The molecule has 4 rings (SSSR count). The minimum absolute atomic E-state index is 0.155. The fourth-order valence-corrected chi connectivity index (χ4v) is 2.89. The van der Waals surface area contributed by atoms with Gasteiger partial charge in [0.1, 0.15) is 18.4 Å². The predicted molar refractivity (Wildman–Crippen MR) is 99.6 cm³/mol. The van der Waals surface area contributed by atoms with Crippen LogP contribution in [0.25, 0.3) is 5.65 Å². The first-order valence-electron chi connectivity index (χ1n) is 8.87. The van der Waals surface area contributed by atoms with Crippen LogP contribution in [0.1, 0.15) is 16.2 Å². The number of ether oxygens (including phenoxy) is 3. The molecule has 0 bridgehead atoms. The van der Waals surface area contributed by atoms with E-state index in [0.29, 0.717) is 23.8 Å². The maximum atomic E-state index is 12.2. The molecule has 0 saturated carbocycles. The lowest BCUT2D eigenvalue weighted by atomic mass is 10.2. The van der Waals surface area contributed by atoms with E-state index in [9.17, 15) is 9.59 Å². The van der Waals surface area contributed by atoms with Crippen molar-refractivity contribution in [2.24, 2.45) is 0 Å². The van der Waals surface area contributed by atoms with Gasteiger partial charge >= 0.3 is 5.97 Å². The van der Waals surface area contributed by atoms with Crippen molar-refractivity contribution < 1.29 is 23.8 Å². The average Bonchev–Trinajstić information content (AvgIpc) is 3.16. The molecule has 0 aliphatic carbocycles. The Balaban J connectivity index is 1.26. The van der Waals surface area contributed by atoms with Crippen LogP contribution in [-0.4, -0.2) is 47.1 Å². The summed E-state index contributed by atoms with van der Waals surface area (Å²) in [5, 5.41) is 2.68. The largest absolute Gasteiger partial charge is 0.486 e. The fourth-order valence-electron chi connectivity index (χ4n) is 2.89. The van der Waals surface area contributed by atoms with E-state index < -0.39 is 18.5 Å². The molecule has 1 N–H and O–H groups in total. The second-order valence-corrected chi connectivity index (χ2v) is 6.40. The van der Waals surface area contributed by atoms with Gasteiger partial charge in [0.15, 0.2) is 23.8 Å². The molecule has 1 atom stereocenters. The highest BCUT2D eigenvalue weighted by Crippen LogP contribution is 2.30. The Hall–Kier alpha value is -3.55. The Morgan fingerprint density at radius 1 is 1.21 bits per heavy atom. The molecule has 1 amide bonds. The number of amides is 1. The second-order valence-electron chi connectivity index (χ2n) is 6.40. The summed E-state index contributed by atoms with van der Waals surface area (Å²) >= 11 is 0. The number of rotatable bonds is 5. The molecule has 1 aromatic carbocycles. The first-order valence-corrected chi connectivity index (χ1v) is 8.87. The molecule has 1 aliphatic rings. The third kappa shape index (κ3) is 3.75. The number of hydrogen-bond donors (Lipinski definition) is 1. The molecule has 1 aliphatic heterocycles. The number of aromatic nitrogens is 2. The molecular weight excluding hydrogens is 362 g/mol. The van der Waals surface area contributed by atoms with Crippen LogP contribution in [0.4, 0.5) is 0 Å². The van der Waals surface area contributed by atoms with Crippen LogP contribution in [0.5, 0.6) is 11.5 Å². The third-order valence-electron chi connectivity index (χ3n) is 4.33. The summed E-state index contributed by atoms with van der Waals surface area (Å²) in [4.78, 5) is 28.3. The van der Waals surface area contributed by atoms with Crippen molar-refractivity contribution >= 4 is 17.5 Å². The molecular formula is C20H19N3O5. The number of nitrogens with one attached hydrogen (secondary N) is 1. The van der Waals surface area contributed by atoms with Gasteiger partial charge in [-0.2, -0.15) is 0 Å². The van der Waals surface area contributed by atoms with Gasteiger partial charge in [-0.15, -0.1) is 0 Å². The van der Waals surface area contributed by atoms with E-state index in [1.165, 1.54) is 0 Å². The van der Waals surface area contributed by atoms with Crippen molar-refractivity contribution in [3.05, 3.63) is 60.0 Å². The molecule has 2 aromatic heterocycles. The molecule has 0 fully saturated rings. The van der Waals surface area contributed by atoms with Gasteiger partial charge in [-0.25, -0.2) is 9.78 Å².